The Balaban J connectivity index is 3.36. The molecule has 0 saturated heterocycles. The second-order valence-electron chi connectivity index (χ2n) is 4.03. The first kappa shape index (κ1) is 16.0. The summed E-state index contributed by atoms with van der Waals surface area (Å²) in [6, 6.07) is 2.95. The van der Waals surface area contributed by atoms with E-state index in [0.717, 1.165) is 24.3 Å². The average Bonchev–Trinajstić information content (AvgIpc) is 2.38. The van der Waals surface area contributed by atoms with Gasteiger partial charge >= 0.3 is 6.18 Å². The van der Waals surface area contributed by atoms with Gasteiger partial charge in [0.25, 0.3) is 5.69 Å². The molecule has 1 rings (SSSR count). The summed E-state index contributed by atoms with van der Waals surface area (Å²) >= 11 is 0. The lowest BCUT2D eigenvalue weighted by atomic mass is 10.0. The quantitative estimate of drug-likeness (QED) is 0.609. The molecule has 0 aromatic heterocycles. The molecule has 0 atom stereocenters. The fraction of sp³-hybridized carbons (Fsp3) is 0.385. The lowest BCUT2D eigenvalue weighted by Crippen LogP contribution is -2.15. The SMILES string of the molecule is CCN(C=Cc1c([N+](=O)[O-])cccc1C(F)(F)F)CC. The molecule has 0 radical (unpaired) electrons. The van der Waals surface area contributed by atoms with Gasteiger partial charge in [0.15, 0.2) is 0 Å². The maximum atomic E-state index is 12.9. The molecule has 0 unspecified atom stereocenters. The highest BCUT2D eigenvalue weighted by Gasteiger charge is 2.35. The molecule has 4 nitrogen and oxygen atoms in total. The van der Waals surface area contributed by atoms with Crippen molar-refractivity contribution in [2.45, 2.75) is 20.0 Å². The van der Waals surface area contributed by atoms with Gasteiger partial charge in [0.05, 0.1) is 16.1 Å². The molecule has 0 amide bonds. The Morgan fingerprint density at radius 1 is 1.30 bits per heavy atom. The topological polar surface area (TPSA) is 46.4 Å². The summed E-state index contributed by atoms with van der Waals surface area (Å²) in [5, 5.41) is 10.9. The summed E-state index contributed by atoms with van der Waals surface area (Å²) in [6.45, 7) is 4.90. The Bertz CT molecular complexity index is 509. The van der Waals surface area contributed by atoms with Gasteiger partial charge in [-0.15, -0.1) is 0 Å². The van der Waals surface area contributed by atoms with Crippen LogP contribution in [0.2, 0.25) is 0 Å². The van der Waals surface area contributed by atoms with E-state index >= 15 is 0 Å². The van der Waals surface area contributed by atoms with Crippen LogP contribution in [-0.4, -0.2) is 22.9 Å². The molecule has 0 bridgehead atoms. The van der Waals surface area contributed by atoms with Crippen molar-refractivity contribution in [3.63, 3.8) is 0 Å². The zero-order chi connectivity index (χ0) is 15.3. The molecule has 20 heavy (non-hydrogen) atoms. The van der Waals surface area contributed by atoms with Crippen LogP contribution in [0.1, 0.15) is 25.0 Å². The third-order valence-corrected chi connectivity index (χ3v) is 2.85. The second kappa shape index (κ2) is 6.40. The minimum atomic E-state index is -4.63. The summed E-state index contributed by atoms with van der Waals surface area (Å²) in [7, 11) is 0. The summed E-state index contributed by atoms with van der Waals surface area (Å²) in [5.41, 5.74) is -1.98. The molecule has 0 aliphatic rings. The minimum Gasteiger partial charge on any atom is -0.378 e. The van der Waals surface area contributed by atoms with E-state index < -0.39 is 27.9 Å². The molecule has 0 aliphatic heterocycles. The molecule has 0 aliphatic carbocycles. The van der Waals surface area contributed by atoms with Crippen molar-refractivity contribution >= 4 is 11.8 Å². The average molecular weight is 288 g/mol. The minimum absolute atomic E-state index is 0.420. The molecule has 0 heterocycles. The number of alkyl halides is 3. The largest absolute Gasteiger partial charge is 0.417 e. The predicted molar refractivity (Wildman–Crippen MR) is 70.1 cm³/mol. The highest BCUT2D eigenvalue weighted by molar-refractivity contribution is 5.65. The standard InChI is InChI=1S/C13H15F3N2O2/c1-3-17(4-2)9-8-10-11(13(14,15)16)6-5-7-12(10)18(19)20/h5-9H,3-4H2,1-2H3. The molecular formula is C13H15F3N2O2. The van der Waals surface area contributed by atoms with Crippen molar-refractivity contribution in [2.75, 3.05) is 13.1 Å². The van der Waals surface area contributed by atoms with E-state index in [-0.39, 0.29) is 0 Å². The van der Waals surface area contributed by atoms with E-state index in [4.69, 9.17) is 0 Å². The fourth-order valence-electron chi connectivity index (χ4n) is 1.75. The second-order valence-corrected chi connectivity index (χ2v) is 4.03. The number of nitro groups is 1. The van der Waals surface area contributed by atoms with Crippen molar-refractivity contribution in [1.82, 2.24) is 4.90 Å². The number of nitrogens with zero attached hydrogens (tertiary/aromatic N) is 2. The van der Waals surface area contributed by atoms with E-state index in [0.29, 0.717) is 13.1 Å². The number of hydrogen-bond acceptors (Lipinski definition) is 3. The number of halogens is 3. The van der Waals surface area contributed by atoms with Crippen LogP contribution in [0.25, 0.3) is 6.08 Å². The van der Waals surface area contributed by atoms with Crippen molar-refractivity contribution in [1.29, 1.82) is 0 Å². The molecular weight excluding hydrogens is 273 g/mol. The van der Waals surface area contributed by atoms with Crippen LogP contribution >= 0.6 is 0 Å². The molecule has 0 saturated carbocycles. The molecule has 0 spiro atoms. The number of rotatable bonds is 5. The van der Waals surface area contributed by atoms with Crippen LogP contribution in [0.4, 0.5) is 18.9 Å². The van der Waals surface area contributed by atoms with Gasteiger partial charge in [-0.1, -0.05) is 6.07 Å². The Morgan fingerprint density at radius 3 is 2.35 bits per heavy atom. The maximum Gasteiger partial charge on any atom is 0.417 e. The van der Waals surface area contributed by atoms with Crippen molar-refractivity contribution in [2.24, 2.45) is 0 Å². The van der Waals surface area contributed by atoms with Gasteiger partial charge in [0.2, 0.25) is 0 Å². The van der Waals surface area contributed by atoms with Gasteiger partial charge in [0.1, 0.15) is 0 Å². The van der Waals surface area contributed by atoms with Crippen molar-refractivity contribution in [3.05, 3.63) is 45.6 Å². The first-order valence-corrected chi connectivity index (χ1v) is 6.08. The van der Waals surface area contributed by atoms with E-state index in [2.05, 4.69) is 0 Å². The molecule has 110 valence electrons. The van der Waals surface area contributed by atoms with Gasteiger partial charge in [-0.25, -0.2) is 0 Å². The first-order valence-electron chi connectivity index (χ1n) is 6.08. The highest BCUT2D eigenvalue weighted by Crippen LogP contribution is 2.36. The van der Waals surface area contributed by atoms with Gasteiger partial charge < -0.3 is 4.90 Å². The Morgan fingerprint density at radius 2 is 1.90 bits per heavy atom. The third kappa shape index (κ3) is 3.72. The van der Waals surface area contributed by atoms with Gasteiger partial charge in [-0.2, -0.15) is 13.2 Å². The van der Waals surface area contributed by atoms with Crippen LogP contribution in [0.3, 0.4) is 0 Å². The summed E-state index contributed by atoms with van der Waals surface area (Å²) in [6.07, 6.45) is -2.04. The van der Waals surface area contributed by atoms with Crippen LogP contribution in [0.5, 0.6) is 0 Å². The van der Waals surface area contributed by atoms with Crippen molar-refractivity contribution in [3.8, 4) is 0 Å². The third-order valence-electron chi connectivity index (χ3n) is 2.85. The normalized spacial score (nSPS) is 11.8. The number of hydrogen-bond donors (Lipinski definition) is 0. The summed E-state index contributed by atoms with van der Waals surface area (Å²) in [4.78, 5) is 11.8. The van der Waals surface area contributed by atoms with Crippen molar-refractivity contribution < 1.29 is 18.1 Å². The maximum absolute atomic E-state index is 12.9. The number of nitro benzene ring substituents is 1. The van der Waals surface area contributed by atoms with Crippen LogP contribution in [0, 0.1) is 10.1 Å². The molecule has 0 fully saturated rings. The fourth-order valence-corrected chi connectivity index (χ4v) is 1.75. The smallest absolute Gasteiger partial charge is 0.378 e. The van der Waals surface area contributed by atoms with Crippen LogP contribution in [-0.2, 0) is 6.18 Å². The molecule has 1 aromatic carbocycles. The molecule has 0 N–H and O–H groups in total. The Hall–Kier alpha value is -2.05. The van der Waals surface area contributed by atoms with Crippen LogP contribution < -0.4 is 0 Å². The summed E-state index contributed by atoms with van der Waals surface area (Å²) in [5.74, 6) is 0. The first-order chi connectivity index (χ1) is 9.31. The predicted octanol–water partition coefficient (Wildman–Crippen LogP) is 3.93. The van der Waals surface area contributed by atoms with E-state index in [1.165, 1.54) is 6.20 Å². The van der Waals surface area contributed by atoms with E-state index in [1.807, 2.05) is 13.8 Å². The van der Waals surface area contributed by atoms with Gasteiger partial charge in [-0.05, 0) is 32.2 Å². The lowest BCUT2D eigenvalue weighted by Gasteiger charge is -2.15. The van der Waals surface area contributed by atoms with Crippen LogP contribution in [0.15, 0.2) is 24.4 Å². The van der Waals surface area contributed by atoms with Gasteiger partial charge in [-0.3, -0.25) is 10.1 Å². The lowest BCUT2D eigenvalue weighted by molar-refractivity contribution is -0.385. The van der Waals surface area contributed by atoms with E-state index in [9.17, 15) is 23.3 Å². The van der Waals surface area contributed by atoms with E-state index in [1.54, 1.807) is 4.90 Å². The molecule has 7 heteroatoms. The monoisotopic (exact) mass is 288 g/mol. The number of benzene rings is 1. The Labute approximate surface area is 114 Å². The highest BCUT2D eigenvalue weighted by atomic mass is 19.4. The zero-order valence-corrected chi connectivity index (χ0v) is 11.1. The molecule has 1 aromatic rings. The zero-order valence-electron chi connectivity index (χ0n) is 11.1. The Kier molecular flexibility index (Phi) is 5.12. The van der Waals surface area contributed by atoms with Gasteiger partial charge in [0, 0.05) is 19.2 Å². The summed E-state index contributed by atoms with van der Waals surface area (Å²) < 4.78 is 38.7.